The Morgan fingerprint density at radius 1 is 0.857 bits per heavy atom. The molecule has 0 fully saturated rings. The van der Waals surface area contributed by atoms with Crippen molar-refractivity contribution < 1.29 is 9.53 Å². The second-order valence-corrected chi connectivity index (χ2v) is 8.45. The van der Waals surface area contributed by atoms with Crippen LogP contribution < -0.4 is 0 Å². The molecule has 3 nitrogen and oxygen atoms in total. The first-order chi connectivity index (χ1) is 12.9. The summed E-state index contributed by atoms with van der Waals surface area (Å²) in [7, 11) is 4.13. The zero-order chi connectivity index (χ0) is 20.5. The largest absolute Gasteiger partial charge is 0.458 e. The molecule has 0 aliphatic heterocycles. The van der Waals surface area contributed by atoms with E-state index in [1.54, 1.807) is 6.92 Å². The molecule has 0 radical (unpaired) electrons. The first kappa shape index (κ1) is 29.7. The van der Waals surface area contributed by atoms with Gasteiger partial charge in [0, 0.05) is 11.6 Å². The van der Waals surface area contributed by atoms with Crippen LogP contribution in [0.1, 0.15) is 111 Å². The number of esters is 1. The first-order valence-electron chi connectivity index (χ1n) is 11.4. The lowest BCUT2D eigenvalue weighted by Crippen LogP contribution is -2.40. The third-order valence-electron chi connectivity index (χ3n) is 5.45. The van der Waals surface area contributed by atoms with Crippen molar-refractivity contribution in [3.05, 3.63) is 12.2 Å². The summed E-state index contributed by atoms with van der Waals surface area (Å²) in [6, 6.07) is 0.279. The van der Waals surface area contributed by atoms with E-state index in [2.05, 4.69) is 32.5 Å². The summed E-state index contributed by atoms with van der Waals surface area (Å²) in [5.74, 6) is -0.278. The molecule has 2 atom stereocenters. The molecule has 0 N–H and O–H groups in total. The van der Waals surface area contributed by atoms with E-state index in [-0.39, 0.29) is 30.5 Å². The molecule has 0 saturated carbocycles. The van der Waals surface area contributed by atoms with Crippen molar-refractivity contribution in [2.75, 3.05) is 14.1 Å². The molecule has 2 unspecified atom stereocenters. The van der Waals surface area contributed by atoms with Crippen molar-refractivity contribution in [3.63, 3.8) is 0 Å². The zero-order valence-electron chi connectivity index (χ0n) is 19.4. The molecule has 0 aliphatic carbocycles. The van der Waals surface area contributed by atoms with Gasteiger partial charge in [-0.1, -0.05) is 97.0 Å². The van der Waals surface area contributed by atoms with Crippen molar-refractivity contribution >= 4 is 18.4 Å². The van der Waals surface area contributed by atoms with Crippen LogP contribution in [-0.2, 0) is 9.53 Å². The first-order valence-corrected chi connectivity index (χ1v) is 11.4. The third-order valence-corrected chi connectivity index (χ3v) is 5.45. The van der Waals surface area contributed by atoms with Gasteiger partial charge in [0.15, 0.2) is 0 Å². The molecule has 0 saturated heterocycles. The minimum atomic E-state index is -0.278. The fourth-order valence-electron chi connectivity index (χ4n) is 3.63. The van der Waals surface area contributed by atoms with Crippen molar-refractivity contribution in [1.29, 1.82) is 0 Å². The normalized spacial score (nSPS) is 13.1. The minimum absolute atomic E-state index is 0. The maximum Gasteiger partial charge on any atom is 0.333 e. The van der Waals surface area contributed by atoms with E-state index in [1.165, 1.54) is 83.5 Å². The predicted molar refractivity (Wildman–Crippen MR) is 125 cm³/mol. The highest BCUT2D eigenvalue weighted by molar-refractivity contribution is 5.87. The Bertz CT molecular complexity index is 385. The van der Waals surface area contributed by atoms with E-state index in [0.29, 0.717) is 5.57 Å². The molecular formula is C24H48ClNO2. The van der Waals surface area contributed by atoms with Gasteiger partial charge in [-0.25, -0.2) is 4.79 Å². The number of carbonyl (C=O) groups is 1. The van der Waals surface area contributed by atoms with Crippen molar-refractivity contribution in [3.8, 4) is 0 Å². The van der Waals surface area contributed by atoms with Crippen LogP contribution in [-0.4, -0.2) is 37.1 Å². The molecule has 168 valence electrons. The number of halogens is 1. The van der Waals surface area contributed by atoms with Crippen LogP contribution >= 0.6 is 12.4 Å². The van der Waals surface area contributed by atoms with Gasteiger partial charge in [0.25, 0.3) is 0 Å². The summed E-state index contributed by atoms with van der Waals surface area (Å²) in [5, 5.41) is 0. The van der Waals surface area contributed by atoms with E-state index in [4.69, 9.17) is 4.74 Å². The molecule has 0 aromatic heterocycles. The van der Waals surface area contributed by atoms with Gasteiger partial charge >= 0.3 is 5.97 Å². The summed E-state index contributed by atoms with van der Waals surface area (Å²) in [6.45, 7) is 9.64. The SMILES string of the molecule is C=C(C)C(=O)OC(C)C(CCCCCCCCCCCCCCC)N(C)C.Cl. The quantitative estimate of drug-likeness (QED) is 0.133. The van der Waals surface area contributed by atoms with Gasteiger partial charge in [0.05, 0.1) is 0 Å². The van der Waals surface area contributed by atoms with Gasteiger partial charge < -0.3 is 9.64 Å². The highest BCUT2D eigenvalue weighted by Gasteiger charge is 2.22. The second kappa shape index (κ2) is 19.8. The number of carbonyl (C=O) groups excluding carboxylic acids is 1. The lowest BCUT2D eigenvalue weighted by molar-refractivity contribution is -0.146. The van der Waals surface area contributed by atoms with E-state index in [9.17, 15) is 4.79 Å². The van der Waals surface area contributed by atoms with Crippen LogP contribution in [0.5, 0.6) is 0 Å². The molecular weight excluding hydrogens is 370 g/mol. The van der Waals surface area contributed by atoms with Crippen LogP contribution in [0.15, 0.2) is 12.2 Å². The van der Waals surface area contributed by atoms with Gasteiger partial charge in [0.1, 0.15) is 6.10 Å². The average molecular weight is 418 g/mol. The Morgan fingerprint density at radius 2 is 1.25 bits per heavy atom. The summed E-state index contributed by atoms with van der Waals surface area (Å²) < 4.78 is 5.52. The molecule has 0 aromatic carbocycles. The molecule has 0 bridgehead atoms. The Morgan fingerprint density at radius 3 is 1.61 bits per heavy atom. The van der Waals surface area contributed by atoms with Gasteiger partial charge in [-0.05, 0) is 34.4 Å². The molecule has 0 aromatic rings. The lowest BCUT2D eigenvalue weighted by Gasteiger charge is -2.30. The van der Waals surface area contributed by atoms with Crippen LogP contribution in [0, 0.1) is 0 Å². The van der Waals surface area contributed by atoms with Crippen LogP contribution in [0.3, 0.4) is 0 Å². The van der Waals surface area contributed by atoms with Crippen molar-refractivity contribution in [1.82, 2.24) is 4.90 Å². The van der Waals surface area contributed by atoms with Gasteiger partial charge in [0.2, 0.25) is 0 Å². The van der Waals surface area contributed by atoms with E-state index < -0.39 is 0 Å². The lowest BCUT2D eigenvalue weighted by atomic mass is 10.0. The molecule has 4 heteroatoms. The third kappa shape index (κ3) is 16.4. The van der Waals surface area contributed by atoms with E-state index >= 15 is 0 Å². The predicted octanol–water partition coefficient (Wildman–Crippen LogP) is 7.33. The van der Waals surface area contributed by atoms with Crippen LogP contribution in [0.4, 0.5) is 0 Å². The minimum Gasteiger partial charge on any atom is -0.458 e. The second-order valence-electron chi connectivity index (χ2n) is 8.45. The maximum atomic E-state index is 11.7. The Balaban J connectivity index is 0. The molecule has 0 rings (SSSR count). The van der Waals surface area contributed by atoms with Crippen molar-refractivity contribution in [2.45, 2.75) is 123 Å². The van der Waals surface area contributed by atoms with Gasteiger partial charge in [-0.2, -0.15) is 0 Å². The van der Waals surface area contributed by atoms with Crippen LogP contribution in [0.2, 0.25) is 0 Å². The summed E-state index contributed by atoms with van der Waals surface area (Å²) in [4.78, 5) is 13.9. The number of ether oxygens (including phenoxy) is 1. The van der Waals surface area contributed by atoms with Crippen LogP contribution in [0.25, 0.3) is 0 Å². The fraction of sp³-hybridized carbons (Fsp3) is 0.875. The smallest absolute Gasteiger partial charge is 0.333 e. The average Bonchev–Trinajstić information content (AvgIpc) is 2.61. The Hall–Kier alpha value is -0.540. The standard InChI is InChI=1S/C24H47NO2.ClH/c1-7-8-9-10-11-12-13-14-15-16-17-18-19-20-23(25(5)6)22(4)27-24(26)21(2)3;/h22-23H,2,7-20H2,1,3-6H3;1H. The Labute approximate surface area is 182 Å². The summed E-state index contributed by atoms with van der Waals surface area (Å²) in [6.07, 6.45) is 18.8. The van der Waals surface area contributed by atoms with Gasteiger partial charge in [-0.15, -0.1) is 12.4 Å². The summed E-state index contributed by atoms with van der Waals surface area (Å²) >= 11 is 0. The highest BCUT2D eigenvalue weighted by atomic mass is 35.5. The topological polar surface area (TPSA) is 29.5 Å². The van der Waals surface area contributed by atoms with E-state index in [0.717, 1.165) is 6.42 Å². The molecule has 28 heavy (non-hydrogen) atoms. The monoisotopic (exact) mass is 417 g/mol. The van der Waals surface area contributed by atoms with Gasteiger partial charge in [-0.3, -0.25) is 0 Å². The molecule has 0 heterocycles. The molecule has 0 amide bonds. The summed E-state index contributed by atoms with van der Waals surface area (Å²) in [5.41, 5.74) is 0.473. The van der Waals surface area contributed by atoms with E-state index in [1.807, 2.05) is 6.92 Å². The number of nitrogens with zero attached hydrogens (tertiary/aromatic N) is 1. The number of unbranched alkanes of at least 4 members (excludes halogenated alkanes) is 12. The number of hydrogen-bond acceptors (Lipinski definition) is 3. The van der Waals surface area contributed by atoms with Crippen molar-refractivity contribution in [2.24, 2.45) is 0 Å². The number of rotatable bonds is 18. The zero-order valence-corrected chi connectivity index (χ0v) is 20.2. The number of likely N-dealkylation sites (N-methyl/N-ethyl adjacent to an activating group) is 1. The Kier molecular flexibility index (Phi) is 20.9. The number of hydrogen-bond donors (Lipinski definition) is 0. The molecule has 0 aliphatic rings. The molecule has 0 spiro atoms. The fourth-order valence-corrected chi connectivity index (χ4v) is 3.63. The maximum absolute atomic E-state index is 11.7. The highest BCUT2D eigenvalue weighted by Crippen LogP contribution is 2.17.